The molecule has 17 heavy (non-hydrogen) atoms. The normalized spacial score (nSPS) is 11.9. The van der Waals surface area contributed by atoms with Crippen molar-refractivity contribution in [3.8, 4) is 0 Å². The van der Waals surface area contributed by atoms with Gasteiger partial charge in [0.25, 0.3) is 0 Å². The van der Waals surface area contributed by atoms with E-state index in [4.69, 9.17) is 10.5 Å². The van der Waals surface area contributed by atoms with Crippen LogP contribution in [0, 0.1) is 0 Å². The number of aromatic nitrogens is 2. The molecule has 1 aromatic heterocycles. The van der Waals surface area contributed by atoms with E-state index in [1.165, 1.54) is 0 Å². The summed E-state index contributed by atoms with van der Waals surface area (Å²) in [6.45, 7) is 1.22. The van der Waals surface area contributed by atoms with Crippen molar-refractivity contribution in [3.05, 3.63) is 12.3 Å². The van der Waals surface area contributed by atoms with E-state index in [1.807, 2.05) is 0 Å². The average Bonchev–Trinajstić information content (AvgIpc) is 2.61. The summed E-state index contributed by atoms with van der Waals surface area (Å²) >= 11 is 0. The van der Waals surface area contributed by atoms with E-state index in [-0.39, 0.29) is 13.0 Å². The van der Waals surface area contributed by atoms with Crippen molar-refractivity contribution >= 4 is 5.82 Å². The van der Waals surface area contributed by atoms with Crippen LogP contribution in [0.1, 0.15) is 19.3 Å². The second-order valence-electron chi connectivity index (χ2n) is 3.69. The Morgan fingerprint density at radius 1 is 1.29 bits per heavy atom. The second kappa shape index (κ2) is 6.48. The quantitative estimate of drug-likeness (QED) is 0.756. The highest BCUT2D eigenvalue weighted by molar-refractivity contribution is 5.23. The molecule has 1 heterocycles. The number of hydrogen-bond acceptors (Lipinski definition) is 3. The third kappa shape index (κ3) is 6.83. The Labute approximate surface area is 97.5 Å². The number of nitrogens with zero attached hydrogens (tertiary/aromatic N) is 2. The van der Waals surface area contributed by atoms with Gasteiger partial charge in [0.05, 0.1) is 0 Å². The van der Waals surface area contributed by atoms with Crippen LogP contribution in [0.5, 0.6) is 0 Å². The second-order valence-corrected chi connectivity index (χ2v) is 3.69. The summed E-state index contributed by atoms with van der Waals surface area (Å²) in [5, 5.41) is 3.97. The number of nitrogen functional groups attached to an aromatic ring is 1. The van der Waals surface area contributed by atoms with Crippen LogP contribution in [0.15, 0.2) is 12.3 Å². The molecular weight excluding hydrogens is 235 g/mol. The molecule has 0 unspecified atom stereocenters. The molecule has 0 aliphatic carbocycles. The number of hydrogen-bond donors (Lipinski definition) is 1. The fourth-order valence-corrected chi connectivity index (χ4v) is 1.31. The van der Waals surface area contributed by atoms with Crippen LogP contribution in [-0.2, 0) is 11.3 Å². The van der Waals surface area contributed by atoms with Crippen LogP contribution in [0.3, 0.4) is 0 Å². The molecule has 0 saturated heterocycles. The molecule has 0 amide bonds. The summed E-state index contributed by atoms with van der Waals surface area (Å²) in [5.74, 6) is 0.455. The van der Waals surface area contributed by atoms with E-state index >= 15 is 0 Å². The number of anilines is 1. The fraction of sp³-hybridized carbons (Fsp3) is 0.700. The Bertz CT molecular complexity index is 325. The fourth-order valence-electron chi connectivity index (χ4n) is 1.31. The Morgan fingerprint density at radius 3 is 2.59 bits per heavy atom. The van der Waals surface area contributed by atoms with Crippen molar-refractivity contribution in [2.75, 3.05) is 18.9 Å². The highest BCUT2D eigenvalue weighted by atomic mass is 19.4. The van der Waals surface area contributed by atoms with Crippen LogP contribution < -0.4 is 5.73 Å². The Kier molecular flexibility index (Phi) is 5.27. The van der Waals surface area contributed by atoms with Gasteiger partial charge in [-0.25, -0.2) is 0 Å². The minimum Gasteiger partial charge on any atom is -0.382 e. The first-order valence-electron chi connectivity index (χ1n) is 5.41. The summed E-state index contributed by atoms with van der Waals surface area (Å²) < 4.78 is 42.1. The highest BCUT2D eigenvalue weighted by Crippen LogP contribution is 2.20. The summed E-state index contributed by atoms with van der Waals surface area (Å²) in [7, 11) is 0. The van der Waals surface area contributed by atoms with Gasteiger partial charge in [-0.05, 0) is 18.9 Å². The zero-order valence-electron chi connectivity index (χ0n) is 9.41. The van der Waals surface area contributed by atoms with Crippen LogP contribution in [-0.4, -0.2) is 29.2 Å². The smallest absolute Gasteiger partial charge is 0.382 e. The Balaban J connectivity index is 1.95. The van der Waals surface area contributed by atoms with E-state index in [0.717, 1.165) is 0 Å². The van der Waals surface area contributed by atoms with E-state index in [1.54, 1.807) is 16.9 Å². The lowest BCUT2D eigenvalue weighted by Crippen LogP contribution is -2.09. The zero-order chi connectivity index (χ0) is 12.7. The molecule has 0 aromatic carbocycles. The minimum atomic E-state index is -4.09. The van der Waals surface area contributed by atoms with Crippen molar-refractivity contribution in [3.63, 3.8) is 0 Å². The summed E-state index contributed by atoms with van der Waals surface area (Å²) in [5.41, 5.74) is 5.42. The molecule has 98 valence electrons. The molecular formula is C10H16F3N3O. The van der Waals surface area contributed by atoms with E-state index in [0.29, 0.717) is 25.4 Å². The summed E-state index contributed by atoms with van der Waals surface area (Å²) in [6, 6.07) is 1.68. The van der Waals surface area contributed by atoms with Gasteiger partial charge in [-0.1, -0.05) is 0 Å². The molecule has 0 spiro atoms. The van der Waals surface area contributed by atoms with Gasteiger partial charge in [0.15, 0.2) is 0 Å². The van der Waals surface area contributed by atoms with E-state index < -0.39 is 12.6 Å². The summed E-state index contributed by atoms with van der Waals surface area (Å²) in [6.07, 6.45) is -2.41. The van der Waals surface area contributed by atoms with Crippen molar-refractivity contribution in [2.24, 2.45) is 0 Å². The predicted molar refractivity (Wildman–Crippen MR) is 57.4 cm³/mol. The highest BCUT2D eigenvalue weighted by Gasteiger charge is 2.25. The van der Waals surface area contributed by atoms with Crippen molar-refractivity contribution in [1.82, 2.24) is 9.78 Å². The third-order valence-electron chi connectivity index (χ3n) is 2.09. The average molecular weight is 251 g/mol. The minimum absolute atomic E-state index is 0.0121. The molecule has 0 fully saturated rings. The molecule has 1 rings (SSSR count). The number of alkyl halides is 3. The molecule has 7 heteroatoms. The maximum absolute atomic E-state index is 11.8. The lowest BCUT2D eigenvalue weighted by Gasteiger charge is -2.06. The molecule has 0 atom stereocenters. The molecule has 2 N–H and O–H groups in total. The molecule has 0 aliphatic rings. The maximum Gasteiger partial charge on any atom is 0.389 e. The first kappa shape index (κ1) is 13.8. The first-order chi connectivity index (χ1) is 7.97. The standard InChI is InChI=1S/C10H16F3N3O/c11-10(12,13)4-1-7-17-8-2-5-16-6-3-9(14)15-16/h3,6H,1-2,4-5,7-8H2,(H2,14,15). The molecule has 1 aromatic rings. The Hall–Kier alpha value is -1.24. The number of aryl methyl sites for hydroxylation is 1. The van der Waals surface area contributed by atoms with Gasteiger partial charge in [0.2, 0.25) is 0 Å². The monoisotopic (exact) mass is 251 g/mol. The van der Waals surface area contributed by atoms with Gasteiger partial charge in [-0.15, -0.1) is 0 Å². The number of rotatable bonds is 7. The molecule has 0 saturated carbocycles. The predicted octanol–water partition coefficient (Wildman–Crippen LogP) is 2.21. The maximum atomic E-state index is 11.8. The van der Waals surface area contributed by atoms with Gasteiger partial charge in [-0.3, -0.25) is 4.68 Å². The van der Waals surface area contributed by atoms with Gasteiger partial charge < -0.3 is 10.5 Å². The largest absolute Gasteiger partial charge is 0.389 e. The number of nitrogens with two attached hydrogens (primary N) is 1. The van der Waals surface area contributed by atoms with Crippen molar-refractivity contribution in [2.45, 2.75) is 32.0 Å². The van der Waals surface area contributed by atoms with Gasteiger partial charge in [0.1, 0.15) is 5.82 Å². The van der Waals surface area contributed by atoms with Crippen LogP contribution in [0.2, 0.25) is 0 Å². The van der Waals surface area contributed by atoms with Crippen LogP contribution >= 0.6 is 0 Å². The Morgan fingerprint density at radius 2 is 2.00 bits per heavy atom. The van der Waals surface area contributed by atoms with Crippen molar-refractivity contribution in [1.29, 1.82) is 0 Å². The molecule has 0 aliphatic heterocycles. The van der Waals surface area contributed by atoms with Crippen LogP contribution in [0.25, 0.3) is 0 Å². The van der Waals surface area contributed by atoms with Crippen molar-refractivity contribution < 1.29 is 17.9 Å². The zero-order valence-corrected chi connectivity index (χ0v) is 9.41. The lowest BCUT2D eigenvalue weighted by atomic mass is 10.3. The topological polar surface area (TPSA) is 53.1 Å². The first-order valence-corrected chi connectivity index (χ1v) is 5.41. The van der Waals surface area contributed by atoms with Gasteiger partial charge in [0, 0.05) is 32.4 Å². The van der Waals surface area contributed by atoms with Gasteiger partial charge >= 0.3 is 6.18 Å². The third-order valence-corrected chi connectivity index (χ3v) is 2.09. The van der Waals surface area contributed by atoms with E-state index in [9.17, 15) is 13.2 Å². The number of ether oxygens (including phenoxy) is 1. The lowest BCUT2D eigenvalue weighted by molar-refractivity contribution is -0.137. The SMILES string of the molecule is Nc1ccn(CCCOCCCC(F)(F)F)n1. The van der Waals surface area contributed by atoms with Crippen LogP contribution in [0.4, 0.5) is 19.0 Å². The summed E-state index contributed by atoms with van der Waals surface area (Å²) in [4.78, 5) is 0. The molecule has 4 nitrogen and oxygen atoms in total. The van der Waals surface area contributed by atoms with E-state index in [2.05, 4.69) is 5.10 Å². The number of halogens is 3. The van der Waals surface area contributed by atoms with Gasteiger partial charge in [-0.2, -0.15) is 18.3 Å². The molecule has 0 bridgehead atoms. The molecule has 0 radical (unpaired) electrons.